The number of amides is 2. The number of hydrazone groups is 2. The molecule has 6 nitrogen and oxygen atoms in total. The van der Waals surface area contributed by atoms with E-state index in [0.717, 1.165) is 5.56 Å². The zero-order valence-electron chi connectivity index (χ0n) is 12.1. The molecule has 2 atom stereocenters. The summed E-state index contributed by atoms with van der Waals surface area (Å²) in [6.07, 6.45) is 0. The van der Waals surface area contributed by atoms with Crippen LogP contribution >= 0.6 is 11.6 Å². The first-order valence-corrected chi connectivity index (χ1v) is 7.31. The molecule has 0 saturated heterocycles. The third-order valence-corrected chi connectivity index (χ3v) is 4.48. The van der Waals surface area contributed by atoms with Crippen molar-refractivity contribution in [1.82, 2.24) is 10.9 Å². The monoisotopic (exact) mass is 318 g/mol. The number of nitrogens with one attached hydrogen (secondary N) is 2. The first-order chi connectivity index (χ1) is 10.5. The zero-order valence-corrected chi connectivity index (χ0v) is 12.9. The Balaban J connectivity index is 2.13. The molecular formula is C15H15ClN4O2. The van der Waals surface area contributed by atoms with Gasteiger partial charge in [0.05, 0.1) is 11.8 Å². The topological polar surface area (TPSA) is 82.9 Å². The van der Waals surface area contributed by atoms with Gasteiger partial charge < -0.3 is 0 Å². The van der Waals surface area contributed by atoms with Crippen LogP contribution in [0.4, 0.5) is 0 Å². The van der Waals surface area contributed by atoms with Crippen LogP contribution in [0.25, 0.3) is 0 Å². The van der Waals surface area contributed by atoms with E-state index >= 15 is 0 Å². The van der Waals surface area contributed by atoms with Gasteiger partial charge in [0, 0.05) is 22.4 Å². The van der Waals surface area contributed by atoms with Crippen molar-refractivity contribution in [3.05, 3.63) is 34.9 Å². The van der Waals surface area contributed by atoms with Crippen LogP contribution in [0.2, 0.25) is 5.02 Å². The lowest BCUT2D eigenvalue weighted by Gasteiger charge is -2.27. The summed E-state index contributed by atoms with van der Waals surface area (Å²) in [6, 6.07) is 7.24. The number of carbonyl (C=O) groups is 2. The van der Waals surface area contributed by atoms with Crippen molar-refractivity contribution in [3.63, 3.8) is 0 Å². The van der Waals surface area contributed by atoms with Gasteiger partial charge in [-0.2, -0.15) is 10.2 Å². The van der Waals surface area contributed by atoms with Gasteiger partial charge in [-0.25, -0.2) is 10.9 Å². The molecule has 0 aromatic heterocycles. The van der Waals surface area contributed by atoms with Crippen LogP contribution in [0, 0.1) is 11.8 Å². The van der Waals surface area contributed by atoms with E-state index in [1.165, 1.54) is 0 Å². The van der Waals surface area contributed by atoms with Gasteiger partial charge in [-0.1, -0.05) is 29.8 Å². The lowest BCUT2D eigenvalue weighted by Crippen LogP contribution is -2.38. The molecule has 22 heavy (non-hydrogen) atoms. The van der Waals surface area contributed by atoms with E-state index in [-0.39, 0.29) is 11.8 Å². The molecule has 3 rings (SSSR count). The van der Waals surface area contributed by atoms with E-state index in [1.54, 1.807) is 19.9 Å². The van der Waals surface area contributed by atoms with Gasteiger partial charge in [-0.3, -0.25) is 9.59 Å². The van der Waals surface area contributed by atoms with E-state index < -0.39 is 17.8 Å². The largest absolute Gasteiger partial charge is 0.272 e. The van der Waals surface area contributed by atoms with Crippen molar-refractivity contribution in [3.8, 4) is 0 Å². The Labute approximate surface area is 132 Å². The Hall–Kier alpha value is -2.21. The summed E-state index contributed by atoms with van der Waals surface area (Å²) in [6.45, 7) is 3.54. The molecule has 2 N–H and O–H groups in total. The van der Waals surface area contributed by atoms with Crippen LogP contribution in [0.3, 0.4) is 0 Å². The fourth-order valence-corrected chi connectivity index (χ4v) is 3.35. The Kier molecular flexibility index (Phi) is 3.70. The minimum atomic E-state index is -0.543. The number of halogens is 1. The molecule has 2 aliphatic rings. The standard InChI is InChI=1S/C15H15ClN4O2/c1-7-11(14(21)19-17-7)13(9-5-3-4-6-10(9)16)12-8(2)18-20-15(12)22/h3-6,11-13H,1-2H3,(H,19,21)(H,20,22)/t11-,12-/m1/s1. The molecule has 0 aliphatic carbocycles. The molecule has 0 saturated carbocycles. The Morgan fingerprint density at radius 1 is 1.00 bits per heavy atom. The molecule has 7 heteroatoms. The first kappa shape index (κ1) is 14.7. The molecular weight excluding hydrogens is 304 g/mol. The minimum absolute atomic E-state index is 0.227. The lowest BCUT2D eigenvalue weighted by atomic mass is 9.73. The summed E-state index contributed by atoms with van der Waals surface area (Å²) in [7, 11) is 0. The highest BCUT2D eigenvalue weighted by molar-refractivity contribution is 6.31. The number of hydrogen-bond donors (Lipinski definition) is 2. The van der Waals surface area contributed by atoms with Crippen molar-refractivity contribution in [2.24, 2.45) is 22.0 Å². The normalized spacial score (nSPS) is 24.2. The van der Waals surface area contributed by atoms with Gasteiger partial charge in [0.2, 0.25) is 11.8 Å². The maximum absolute atomic E-state index is 12.2. The van der Waals surface area contributed by atoms with E-state index in [4.69, 9.17) is 11.6 Å². The predicted molar refractivity (Wildman–Crippen MR) is 83.7 cm³/mol. The van der Waals surface area contributed by atoms with Gasteiger partial charge in [0.25, 0.3) is 0 Å². The van der Waals surface area contributed by atoms with Crippen molar-refractivity contribution in [2.45, 2.75) is 19.8 Å². The highest BCUT2D eigenvalue weighted by atomic mass is 35.5. The quantitative estimate of drug-likeness (QED) is 0.888. The Bertz CT molecular complexity index is 675. The molecule has 1 aromatic rings. The van der Waals surface area contributed by atoms with Crippen molar-refractivity contribution >= 4 is 34.8 Å². The highest BCUT2D eigenvalue weighted by Crippen LogP contribution is 2.40. The highest BCUT2D eigenvalue weighted by Gasteiger charge is 2.46. The van der Waals surface area contributed by atoms with E-state index in [9.17, 15) is 9.59 Å². The molecule has 0 radical (unpaired) electrons. The number of hydrogen-bond acceptors (Lipinski definition) is 4. The van der Waals surface area contributed by atoms with Crippen LogP contribution in [0.5, 0.6) is 0 Å². The molecule has 0 bridgehead atoms. The van der Waals surface area contributed by atoms with E-state index in [1.807, 2.05) is 18.2 Å². The summed E-state index contributed by atoms with van der Waals surface area (Å²) >= 11 is 6.32. The van der Waals surface area contributed by atoms with Crippen LogP contribution in [0.1, 0.15) is 25.3 Å². The average Bonchev–Trinajstić information content (AvgIpc) is 2.99. The first-order valence-electron chi connectivity index (χ1n) is 6.93. The minimum Gasteiger partial charge on any atom is -0.272 e. The molecule has 2 heterocycles. The Morgan fingerprint density at radius 3 is 1.91 bits per heavy atom. The number of nitrogens with zero attached hydrogens (tertiary/aromatic N) is 2. The van der Waals surface area contributed by atoms with Crippen molar-refractivity contribution < 1.29 is 9.59 Å². The fraction of sp³-hybridized carbons (Fsp3) is 0.333. The predicted octanol–water partition coefficient (Wildman–Crippen LogP) is 1.67. The van der Waals surface area contributed by atoms with E-state index in [0.29, 0.717) is 16.4 Å². The maximum Gasteiger partial charge on any atom is 0.249 e. The summed E-state index contributed by atoms with van der Waals surface area (Å²) in [5.41, 5.74) is 6.98. The summed E-state index contributed by atoms with van der Waals surface area (Å²) < 4.78 is 0. The van der Waals surface area contributed by atoms with E-state index in [2.05, 4.69) is 21.1 Å². The molecule has 0 fully saturated rings. The van der Waals surface area contributed by atoms with Gasteiger partial charge >= 0.3 is 0 Å². The Morgan fingerprint density at radius 2 is 1.50 bits per heavy atom. The zero-order chi connectivity index (χ0) is 15.9. The second-order valence-corrected chi connectivity index (χ2v) is 5.87. The van der Waals surface area contributed by atoms with Crippen LogP contribution in [0.15, 0.2) is 34.5 Å². The molecule has 2 aliphatic heterocycles. The SMILES string of the molecule is CC1=NNC(=O)[C@H]1C(c1ccccc1Cl)[C@@H]1C(=O)NN=C1C. The summed E-state index contributed by atoms with van der Waals surface area (Å²) in [5, 5.41) is 8.52. The molecule has 1 aromatic carbocycles. The van der Waals surface area contributed by atoms with Crippen LogP contribution in [-0.2, 0) is 9.59 Å². The van der Waals surface area contributed by atoms with Gasteiger partial charge in [0.1, 0.15) is 0 Å². The third-order valence-electron chi connectivity index (χ3n) is 4.13. The average molecular weight is 319 g/mol. The van der Waals surface area contributed by atoms with Gasteiger partial charge in [-0.05, 0) is 25.5 Å². The fourth-order valence-electron chi connectivity index (χ4n) is 3.09. The smallest absolute Gasteiger partial charge is 0.249 e. The van der Waals surface area contributed by atoms with Gasteiger partial charge in [-0.15, -0.1) is 0 Å². The second-order valence-electron chi connectivity index (χ2n) is 5.46. The third kappa shape index (κ3) is 2.29. The maximum atomic E-state index is 12.2. The molecule has 0 spiro atoms. The summed E-state index contributed by atoms with van der Waals surface area (Å²) in [4.78, 5) is 24.5. The van der Waals surface area contributed by atoms with Crippen molar-refractivity contribution in [1.29, 1.82) is 0 Å². The van der Waals surface area contributed by atoms with Gasteiger partial charge in [0.15, 0.2) is 0 Å². The number of carbonyl (C=O) groups excluding carboxylic acids is 2. The molecule has 114 valence electrons. The van der Waals surface area contributed by atoms with Crippen LogP contribution < -0.4 is 10.9 Å². The molecule has 0 unspecified atom stereocenters. The lowest BCUT2D eigenvalue weighted by molar-refractivity contribution is -0.124. The van der Waals surface area contributed by atoms with Crippen LogP contribution in [-0.4, -0.2) is 23.2 Å². The number of rotatable bonds is 3. The molecule has 2 amide bonds. The second kappa shape index (κ2) is 5.53. The summed E-state index contributed by atoms with van der Waals surface area (Å²) in [5.74, 6) is -1.98. The van der Waals surface area contributed by atoms with Crippen molar-refractivity contribution in [2.75, 3.05) is 0 Å². The number of benzene rings is 1.